The van der Waals surface area contributed by atoms with E-state index in [1.54, 1.807) is 16.8 Å². The van der Waals surface area contributed by atoms with E-state index in [9.17, 15) is 4.79 Å². The van der Waals surface area contributed by atoms with E-state index in [1.165, 1.54) is 0 Å². The maximum atomic E-state index is 11.2. The maximum absolute atomic E-state index is 11.2. The summed E-state index contributed by atoms with van der Waals surface area (Å²) in [6.45, 7) is 3.24. The van der Waals surface area contributed by atoms with E-state index < -0.39 is 0 Å². The summed E-state index contributed by atoms with van der Waals surface area (Å²) in [4.78, 5) is 14.6. The molecule has 0 aromatic carbocycles. The molecule has 1 aliphatic rings. The SMILES string of the molecule is CC1CN(C)C(=O)N1CCO. The van der Waals surface area contributed by atoms with Gasteiger partial charge in [-0.15, -0.1) is 0 Å². The van der Waals surface area contributed by atoms with E-state index in [-0.39, 0.29) is 18.7 Å². The standard InChI is InChI=1S/C7H14N2O2/c1-6-5-8(2)7(11)9(6)3-4-10/h6,10H,3-5H2,1-2H3. The lowest BCUT2D eigenvalue weighted by Gasteiger charge is -2.18. The van der Waals surface area contributed by atoms with Gasteiger partial charge in [0, 0.05) is 26.2 Å². The summed E-state index contributed by atoms with van der Waals surface area (Å²) in [6, 6.07) is 0.256. The Hall–Kier alpha value is -0.770. The van der Waals surface area contributed by atoms with Crippen LogP contribution in [-0.2, 0) is 0 Å². The molecule has 1 aliphatic heterocycles. The van der Waals surface area contributed by atoms with Crippen molar-refractivity contribution in [2.24, 2.45) is 0 Å². The van der Waals surface area contributed by atoms with Gasteiger partial charge in [-0.2, -0.15) is 0 Å². The summed E-state index contributed by atoms with van der Waals surface area (Å²) >= 11 is 0. The minimum atomic E-state index is 0.0200. The number of rotatable bonds is 2. The zero-order valence-corrected chi connectivity index (χ0v) is 6.95. The van der Waals surface area contributed by atoms with Gasteiger partial charge in [0.1, 0.15) is 0 Å². The first kappa shape index (κ1) is 8.33. The molecule has 0 aliphatic carbocycles. The molecule has 0 aromatic rings. The van der Waals surface area contributed by atoms with Crippen molar-refractivity contribution in [3.63, 3.8) is 0 Å². The van der Waals surface area contributed by atoms with E-state index in [4.69, 9.17) is 5.11 Å². The Kier molecular flexibility index (Phi) is 2.34. The second kappa shape index (κ2) is 3.09. The van der Waals surface area contributed by atoms with Gasteiger partial charge in [0.05, 0.1) is 6.61 Å². The Morgan fingerprint density at radius 2 is 2.36 bits per heavy atom. The largest absolute Gasteiger partial charge is 0.395 e. The molecule has 1 fully saturated rings. The molecule has 1 rings (SSSR count). The Morgan fingerprint density at radius 3 is 2.73 bits per heavy atom. The smallest absolute Gasteiger partial charge is 0.320 e. The van der Waals surface area contributed by atoms with Crippen LogP contribution in [0.1, 0.15) is 6.92 Å². The fourth-order valence-corrected chi connectivity index (χ4v) is 1.40. The van der Waals surface area contributed by atoms with Gasteiger partial charge >= 0.3 is 6.03 Å². The van der Waals surface area contributed by atoms with Crippen LogP contribution in [0.2, 0.25) is 0 Å². The number of hydrogen-bond donors (Lipinski definition) is 1. The van der Waals surface area contributed by atoms with Crippen molar-refractivity contribution in [1.29, 1.82) is 0 Å². The lowest BCUT2D eigenvalue weighted by Crippen LogP contribution is -2.35. The fraction of sp³-hybridized carbons (Fsp3) is 0.857. The number of β-amino-alcohol motifs (C(OH)–C–C–N with tert-alkyl or cyclic N) is 1. The lowest BCUT2D eigenvalue weighted by molar-refractivity contribution is 0.174. The number of urea groups is 1. The summed E-state index contributed by atoms with van der Waals surface area (Å²) in [5.41, 5.74) is 0. The average Bonchev–Trinajstić information content (AvgIpc) is 2.17. The molecule has 0 radical (unpaired) electrons. The molecule has 64 valence electrons. The highest BCUT2D eigenvalue weighted by Gasteiger charge is 2.30. The number of likely N-dealkylation sites (N-methyl/N-ethyl adjacent to an activating group) is 1. The molecule has 1 unspecified atom stereocenters. The third-order valence-electron chi connectivity index (χ3n) is 1.98. The van der Waals surface area contributed by atoms with Gasteiger partial charge < -0.3 is 14.9 Å². The number of carbonyl (C=O) groups is 1. The lowest BCUT2D eigenvalue weighted by atomic mass is 10.3. The first-order valence-corrected chi connectivity index (χ1v) is 3.79. The van der Waals surface area contributed by atoms with Gasteiger partial charge in [0.2, 0.25) is 0 Å². The van der Waals surface area contributed by atoms with Crippen LogP contribution in [0.15, 0.2) is 0 Å². The van der Waals surface area contributed by atoms with Gasteiger partial charge in [-0.1, -0.05) is 0 Å². The van der Waals surface area contributed by atoms with E-state index in [0.29, 0.717) is 6.54 Å². The Morgan fingerprint density at radius 1 is 1.73 bits per heavy atom. The second-order valence-electron chi connectivity index (χ2n) is 2.93. The van der Waals surface area contributed by atoms with Crippen molar-refractivity contribution >= 4 is 6.03 Å². The number of nitrogens with zero attached hydrogens (tertiary/aromatic N) is 2. The summed E-state index contributed by atoms with van der Waals surface area (Å²) in [6.07, 6.45) is 0. The van der Waals surface area contributed by atoms with Crippen LogP contribution in [0.25, 0.3) is 0 Å². The Labute approximate surface area is 66.4 Å². The predicted molar refractivity (Wildman–Crippen MR) is 41.3 cm³/mol. The summed E-state index contributed by atoms with van der Waals surface area (Å²) < 4.78 is 0. The summed E-state index contributed by atoms with van der Waals surface area (Å²) in [7, 11) is 1.77. The van der Waals surface area contributed by atoms with Gasteiger partial charge in [-0.05, 0) is 6.92 Å². The highest BCUT2D eigenvalue weighted by molar-refractivity contribution is 5.76. The Bertz CT molecular complexity index is 161. The topological polar surface area (TPSA) is 43.8 Å². The molecular weight excluding hydrogens is 144 g/mol. The van der Waals surface area contributed by atoms with Crippen LogP contribution in [-0.4, -0.2) is 53.7 Å². The molecule has 4 nitrogen and oxygen atoms in total. The van der Waals surface area contributed by atoms with Crippen molar-refractivity contribution in [3.8, 4) is 0 Å². The monoisotopic (exact) mass is 158 g/mol. The molecule has 11 heavy (non-hydrogen) atoms. The first-order valence-electron chi connectivity index (χ1n) is 3.79. The van der Waals surface area contributed by atoms with Gasteiger partial charge in [-0.3, -0.25) is 0 Å². The highest BCUT2D eigenvalue weighted by atomic mass is 16.3. The molecule has 1 atom stereocenters. The van der Waals surface area contributed by atoms with Crippen LogP contribution in [0.5, 0.6) is 0 Å². The van der Waals surface area contributed by atoms with E-state index in [1.807, 2.05) is 6.92 Å². The van der Waals surface area contributed by atoms with Crippen LogP contribution in [0, 0.1) is 0 Å². The summed E-state index contributed by atoms with van der Waals surface area (Å²) in [5.74, 6) is 0. The minimum Gasteiger partial charge on any atom is -0.395 e. The van der Waals surface area contributed by atoms with Crippen LogP contribution in [0.4, 0.5) is 4.79 Å². The maximum Gasteiger partial charge on any atom is 0.320 e. The molecule has 0 saturated carbocycles. The van der Waals surface area contributed by atoms with Crippen LogP contribution >= 0.6 is 0 Å². The second-order valence-corrected chi connectivity index (χ2v) is 2.93. The van der Waals surface area contributed by atoms with E-state index >= 15 is 0 Å². The minimum absolute atomic E-state index is 0.0200. The number of aliphatic hydroxyl groups excluding tert-OH is 1. The third-order valence-corrected chi connectivity index (χ3v) is 1.98. The molecule has 1 N–H and O–H groups in total. The van der Waals surface area contributed by atoms with E-state index in [0.717, 1.165) is 6.54 Å². The number of carbonyl (C=O) groups excluding carboxylic acids is 1. The van der Waals surface area contributed by atoms with Crippen LogP contribution in [0.3, 0.4) is 0 Å². The third kappa shape index (κ3) is 1.45. The molecule has 1 heterocycles. The predicted octanol–water partition coefficient (Wildman–Crippen LogP) is -0.265. The Balaban J connectivity index is 2.56. The average molecular weight is 158 g/mol. The number of amides is 2. The van der Waals surface area contributed by atoms with E-state index in [2.05, 4.69) is 0 Å². The molecule has 0 spiro atoms. The summed E-state index contributed by atoms with van der Waals surface area (Å²) in [5, 5.41) is 8.64. The normalized spacial score (nSPS) is 25.0. The zero-order valence-electron chi connectivity index (χ0n) is 6.95. The van der Waals surface area contributed by atoms with Gasteiger partial charge in [0.15, 0.2) is 0 Å². The molecule has 0 bridgehead atoms. The van der Waals surface area contributed by atoms with Gasteiger partial charge in [-0.25, -0.2) is 4.79 Å². The molecule has 0 aromatic heterocycles. The van der Waals surface area contributed by atoms with Crippen molar-refractivity contribution in [2.45, 2.75) is 13.0 Å². The van der Waals surface area contributed by atoms with Crippen molar-refractivity contribution in [1.82, 2.24) is 9.80 Å². The molecule has 4 heteroatoms. The fourth-order valence-electron chi connectivity index (χ4n) is 1.40. The quantitative estimate of drug-likeness (QED) is 0.601. The zero-order chi connectivity index (χ0) is 8.43. The van der Waals surface area contributed by atoms with Crippen LogP contribution < -0.4 is 0 Å². The molecular formula is C7H14N2O2. The van der Waals surface area contributed by atoms with Crippen molar-refractivity contribution < 1.29 is 9.90 Å². The highest BCUT2D eigenvalue weighted by Crippen LogP contribution is 2.12. The van der Waals surface area contributed by atoms with Gasteiger partial charge in [0.25, 0.3) is 0 Å². The molecule has 2 amide bonds. The first-order chi connectivity index (χ1) is 5.16. The molecule has 1 saturated heterocycles. The number of aliphatic hydroxyl groups is 1. The number of hydrogen-bond acceptors (Lipinski definition) is 2. The van der Waals surface area contributed by atoms with Crippen molar-refractivity contribution in [2.75, 3.05) is 26.7 Å². The van der Waals surface area contributed by atoms with Crippen molar-refractivity contribution in [3.05, 3.63) is 0 Å².